The van der Waals surface area contributed by atoms with Crippen LogP contribution in [0.1, 0.15) is 0 Å². The lowest BCUT2D eigenvalue weighted by atomic mass is 10.1. The molecule has 0 saturated carbocycles. The number of hydrogen-bond donors (Lipinski definition) is 0. The van der Waals surface area contributed by atoms with Crippen LogP contribution in [0, 0.1) is 11.5 Å². The Morgan fingerprint density at radius 2 is 2.06 bits per heavy atom. The van der Waals surface area contributed by atoms with Crippen LogP contribution in [0.5, 0.6) is 0 Å². The van der Waals surface area contributed by atoms with E-state index in [9.17, 15) is 0 Å². The summed E-state index contributed by atoms with van der Waals surface area (Å²) in [6, 6.07) is 11.4. The summed E-state index contributed by atoms with van der Waals surface area (Å²) in [7, 11) is 1.64. The van der Waals surface area contributed by atoms with Crippen molar-refractivity contribution in [2.45, 2.75) is 0 Å². The van der Waals surface area contributed by atoms with Crippen LogP contribution in [-0.4, -0.2) is 17.2 Å². The highest BCUT2D eigenvalue weighted by molar-refractivity contribution is 9.10. The molecule has 0 N–H and O–H groups in total. The summed E-state index contributed by atoms with van der Waals surface area (Å²) in [5, 5.41) is 16.8. The molecule has 1 aromatic carbocycles. The molecule has 17 heavy (non-hydrogen) atoms. The average Bonchev–Trinajstić information content (AvgIpc) is 2.38. The smallest absolute Gasteiger partial charge is 0.185 e. The van der Waals surface area contributed by atoms with Gasteiger partial charge in [0, 0.05) is 17.1 Å². The first kappa shape index (κ1) is 11.6. The molecule has 1 heterocycles. The van der Waals surface area contributed by atoms with Crippen molar-refractivity contribution in [3.63, 3.8) is 0 Å². The maximum Gasteiger partial charge on any atom is 0.185 e. The van der Waals surface area contributed by atoms with Gasteiger partial charge in [-0.1, -0.05) is 28.1 Å². The summed E-state index contributed by atoms with van der Waals surface area (Å²) >= 11 is 3.41. The molecule has 2 aromatic rings. The maximum atomic E-state index is 8.71. The van der Waals surface area contributed by atoms with Crippen LogP contribution in [0.15, 0.2) is 40.9 Å². The van der Waals surface area contributed by atoms with Crippen LogP contribution in [0.3, 0.4) is 0 Å². The van der Waals surface area contributed by atoms with Gasteiger partial charge < -0.3 is 0 Å². The zero-order chi connectivity index (χ0) is 12.3. The topological polar surface area (TPSA) is 52.8 Å². The van der Waals surface area contributed by atoms with Crippen molar-refractivity contribution in [1.29, 1.82) is 5.26 Å². The van der Waals surface area contributed by atoms with Gasteiger partial charge in [0.15, 0.2) is 12.0 Å². The zero-order valence-corrected chi connectivity index (χ0v) is 10.7. The normalized spacial score (nSPS) is 9.71. The fraction of sp³-hybridized carbons (Fsp3) is 0.0833. The number of nitrogens with zero attached hydrogens (tertiary/aromatic N) is 4. The molecule has 5 heteroatoms. The third-order valence-electron chi connectivity index (χ3n) is 2.26. The standard InChI is InChI=1S/C12H9BrN4/c1-17(8-14)12-6-5-11(15-16-12)9-3-2-4-10(13)7-9/h2-7H,1H3. The van der Waals surface area contributed by atoms with Crippen LogP contribution in [-0.2, 0) is 0 Å². The Bertz CT molecular complexity index is 559. The third-order valence-corrected chi connectivity index (χ3v) is 2.76. The second-order valence-electron chi connectivity index (χ2n) is 3.45. The first-order chi connectivity index (χ1) is 8.20. The fourth-order valence-electron chi connectivity index (χ4n) is 1.36. The molecule has 0 radical (unpaired) electrons. The minimum absolute atomic E-state index is 0.534. The van der Waals surface area contributed by atoms with Gasteiger partial charge in [-0.05, 0) is 24.3 Å². The second kappa shape index (κ2) is 4.93. The highest BCUT2D eigenvalue weighted by atomic mass is 79.9. The monoisotopic (exact) mass is 288 g/mol. The van der Waals surface area contributed by atoms with Crippen LogP contribution >= 0.6 is 15.9 Å². The second-order valence-corrected chi connectivity index (χ2v) is 4.36. The van der Waals surface area contributed by atoms with Crippen LogP contribution in [0.4, 0.5) is 5.82 Å². The van der Waals surface area contributed by atoms with Gasteiger partial charge in [0.1, 0.15) is 0 Å². The lowest BCUT2D eigenvalue weighted by Gasteiger charge is -2.07. The van der Waals surface area contributed by atoms with E-state index in [1.807, 2.05) is 36.5 Å². The molecule has 0 aliphatic carbocycles. The molecular formula is C12H9BrN4. The number of hydrogen-bond acceptors (Lipinski definition) is 4. The number of rotatable bonds is 2. The van der Waals surface area contributed by atoms with Crippen LogP contribution < -0.4 is 4.90 Å². The van der Waals surface area contributed by atoms with Gasteiger partial charge in [0.05, 0.1) is 5.69 Å². The summed E-state index contributed by atoms with van der Waals surface area (Å²) < 4.78 is 0.995. The predicted molar refractivity (Wildman–Crippen MR) is 69.2 cm³/mol. The van der Waals surface area contributed by atoms with E-state index in [0.717, 1.165) is 15.7 Å². The highest BCUT2D eigenvalue weighted by Crippen LogP contribution is 2.21. The van der Waals surface area contributed by atoms with E-state index in [4.69, 9.17) is 5.26 Å². The lowest BCUT2D eigenvalue weighted by molar-refractivity contribution is 0.994. The molecule has 0 amide bonds. The molecule has 1 aromatic heterocycles. The maximum absolute atomic E-state index is 8.71. The average molecular weight is 289 g/mol. The molecule has 0 bridgehead atoms. The molecular weight excluding hydrogens is 280 g/mol. The van der Waals surface area contributed by atoms with Crippen molar-refractivity contribution in [3.05, 3.63) is 40.9 Å². The van der Waals surface area contributed by atoms with Crippen molar-refractivity contribution in [3.8, 4) is 17.5 Å². The van der Waals surface area contributed by atoms with Gasteiger partial charge in [-0.3, -0.25) is 4.90 Å². The van der Waals surface area contributed by atoms with Crippen LogP contribution in [0.2, 0.25) is 0 Å². The summed E-state index contributed by atoms with van der Waals surface area (Å²) in [6.07, 6.45) is 1.97. The molecule has 0 aliphatic rings. The minimum Gasteiger partial charge on any atom is -0.265 e. The van der Waals surface area contributed by atoms with Gasteiger partial charge in [0.25, 0.3) is 0 Å². The van der Waals surface area contributed by atoms with Crippen molar-refractivity contribution in [2.24, 2.45) is 0 Å². The Balaban J connectivity index is 2.33. The van der Waals surface area contributed by atoms with E-state index in [1.54, 1.807) is 13.1 Å². The van der Waals surface area contributed by atoms with E-state index in [2.05, 4.69) is 26.1 Å². The largest absolute Gasteiger partial charge is 0.265 e. The Morgan fingerprint density at radius 3 is 2.65 bits per heavy atom. The van der Waals surface area contributed by atoms with Crippen molar-refractivity contribution in [2.75, 3.05) is 11.9 Å². The molecule has 0 saturated heterocycles. The van der Waals surface area contributed by atoms with Crippen molar-refractivity contribution < 1.29 is 0 Å². The zero-order valence-electron chi connectivity index (χ0n) is 9.13. The summed E-state index contributed by atoms with van der Waals surface area (Å²) in [4.78, 5) is 1.36. The SMILES string of the molecule is CN(C#N)c1ccc(-c2cccc(Br)c2)nn1. The molecule has 2 rings (SSSR count). The Hall–Kier alpha value is -1.93. The van der Waals surface area contributed by atoms with Gasteiger partial charge in [0.2, 0.25) is 0 Å². The first-order valence-electron chi connectivity index (χ1n) is 4.94. The summed E-state index contributed by atoms with van der Waals surface area (Å²) in [6.45, 7) is 0. The number of benzene rings is 1. The number of halogens is 1. The predicted octanol–water partition coefficient (Wildman–Crippen LogP) is 2.82. The molecule has 4 nitrogen and oxygen atoms in total. The summed E-state index contributed by atoms with van der Waals surface area (Å²) in [5.41, 5.74) is 1.76. The molecule has 0 unspecified atom stereocenters. The number of nitriles is 1. The van der Waals surface area contributed by atoms with E-state index in [0.29, 0.717) is 5.82 Å². The first-order valence-corrected chi connectivity index (χ1v) is 5.73. The molecule has 0 atom stereocenters. The Kier molecular flexibility index (Phi) is 3.35. The quantitative estimate of drug-likeness (QED) is 0.630. The summed E-state index contributed by atoms with van der Waals surface area (Å²) in [5.74, 6) is 0.534. The number of aromatic nitrogens is 2. The highest BCUT2D eigenvalue weighted by Gasteiger charge is 2.04. The lowest BCUT2D eigenvalue weighted by Crippen LogP contribution is -2.10. The fourth-order valence-corrected chi connectivity index (χ4v) is 1.76. The van der Waals surface area contributed by atoms with Crippen molar-refractivity contribution >= 4 is 21.7 Å². The van der Waals surface area contributed by atoms with Crippen LogP contribution in [0.25, 0.3) is 11.3 Å². The molecule has 0 aliphatic heterocycles. The van der Waals surface area contributed by atoms with Gasteiger partial charge in [-0.25, -0.2) is 0 Å². The van der Waals surface area contributed by atoms with Gasteiger partial charge in [-0.15, -0.1) is 10.2 Å². The van der Waals surface area contributed by atoms with E-state index < -0.39 is 0 Å². The molecule has 0 fully saturated rings. The van der Waals surface area contributed by atoms with Gasteiger partial charge >= 0.3 is 0 Å². The van der Waals surface area contributed by atoms with E-state index in [1.165, 1.54) is 4.90 Å². The Morgan fingerprint density at radius 1 is 1.24 bits per heavy atom. The minimum atomic E-state index is 0.534. The number of anilines is 1. The van der Waals surface area contributed by atoms with Gasteiger partial charge in [-0.2, -0.15) is 5.26 Å². The van der Waals surface area contributed by atoms with E-state index >= 15 is 0 Å². The molecule has 0 spiro atoms. The molecule has 84 valence electrons. The third kappa shape index (κ3) is 2.60. The van der Waals surface area contributed by atoms with Crippen molar-refractivity contribution in [1.82, 2.24) is 10.2 Å². The Labute approximate surface area is 108 Å². The van der Waals surface area contributed by atoms with E-state index in [-0.39, 0.29) is 0 Å².